The molecule has 2 heterocycles. The molecule has 3 aromatic rings. The second-order valence-corrected chi connectivity index (χ2v) is 7.18. The third-order valence-electron chi connectivity index (χ3n) is 4.16. The molecule has 142 valence electrons. The van der Waals surface area contributed by atoms with Gasteiger partial charge in [-0.25, -0.2) is 4.98 Å². The van der Waals surface area contributed by atoms with Crippen LogP contribution in [0.3, 0.4) is 0 Å². The average molecular weight is 385 g/mol. The van der Waals surface area contributed by atoms with E-state index in [9.17, 15) is 4.79 Å². The van der Waals surface area contributed by atoms with Crippen LogP contribution in [0.4, 0.5) is 0 Å². The minimum absolute atomic E-state index is 0.0595. The predicted octanol–water partition coefficient (Wildman–Crippen LogP) is 3.48. The van der Waals surface area contributed by atoms with Gasteiger partial charge in [0.05, 0.1) is 19.7 Å². The van der Waals surface area contributed by atoms with Crippen molar-refractivity contribution in [2.24, 2.45) is 0 Å². The molecule has 3 rings (SSSR count). The lowest BCUT2D eigenvalue weighted by Crippen LogP contribution is -2.26. The highest BCUT2D eigenvalue weighted by molar-refractivity contribution is 7.99. The van der Waals surface area contributed by atoms with Crippen LogP contribution in [-0.4, -0.2) is 35.4 Å². The van der Waals surface area contributed by atoms with Gasteiger partial charge in [-0.3, -0.25) is 4.79 Å². The maximum absolute atomic E-state index is 12.4. The zero-order chi connectivity index (χ0) is 19.2. The number of nitrogens with one attached hydrogen (secondary N) is 1. The Morgan fingerprint density at radius 3 is 2.59 bits per heavy atom. The zero-order valence-electron chi connectivity index (χ0n) is 15.7. The summed E-state index contributed by atoms with van der Waals surface area (Å²) in [4.78, 5) is 16.9. The summed E-state index contributed by atoms with van der Waals surface area (Å²) in [5.41, 5.74) is 1.93. The molecule has 0 fully saturated rings. The van der Waals surface area contributed by atoms with Crippen LogP contribution in [0.2, 0.25) is 0 Å². The van der Waals surface area contributed by atoms with Gasteiger partial charge in [0.2, 0.25) is 5.91 Å². The molecular formula is C20H23N3O3S. The molecule has 27 heavy (non-hydrogen) atoms. The molecule has 0 unspecified atom stereocenters. The van der Waals surface area contributed by atoms with E-state index in [4.69, 9.17) is 9.47 Å². The third-order valence-corrected chi connectivity index (χ3v) is 5.04. The molecule has 0 spiro atoms. The summed E-state index contributed by atoms with van der Waals surface area (Å²) in [6.45, 7) is 2.76. The Kier molecular flexibility index (Phi) is 6.24. The molecule has 0 aliphatic carbocycles. The van der Waals surface area contributed by atoms with E-state index in [0.29, 0.717) is 18.0 Å². The number of nitrogens with zero attached hydrogens (tertiary/aromatic N) is 2. The molecule has 0 atom stereocenters. The maximum Gasteiger partial charge on any atom is 0.240 e. The number of carbonyl (C=O) groups is 1. The SMILES string of the molecule is CCSc1nccc2c1ccn2CC(=O)NCc1cc(OC)cc(OC)c1. The van der Waals surface area contributed by atoms with Crippen molar-refractivity contribution in [1.29, 1.82) is 0 Å². The second kappa shape index (κ2) is 8.81. The van der Waals surface area contributed by atoms with Gasteiger partial charge in [0, 0.05) is 30.4 Å². The summed E-state index contributed by atoms with van der Waals surface area (Å²) < 4.78 is 12.5. The highest BCUT2D eigenvalue weighted by Gasteiger charge is 2.10. The number of fused-ring (bicyclic) bond motifs is 1. The lowest BCUT2D eigenvalue weighted by Gasteiger charge is -2.10. The molecule has 0 saturated heterocycles. The number of thioether (sulfide) groups is 1. The van der Waals surface area contributed by atoms with E-state index in [1.54, 1.807) is 38.2 Å². The van der Waals surface area contributed by atoms with Crippen molar-refractivity contribution < 1.29 is 14.3 Å². The molecule has 1 aromatic carbocycles. The first kappa shape index (κ1) is 19.1. The first-order valence-electron chi connectivity index (χ1n) is 8.70. The summed E-state index contributed by atoms with van der Waals surface area (Å²) in [6, 6.07) is 9.52. The van der Waals surface area contributed by atoms with Gasteiger partial charge in [-0.05, 0) is 35.6 Å². The number of amides is 1. The fourth-order valence-corrected chi connectivity index (χ4v) is 3.60. The van der Waals surface area contributed by atoms with Gasteiger partial charge in [-0.1, -0.05) is 6.92 Å². The molecule has 2 aromatic heterocycles. The number of pyridine rings is 1. The second-order valence-electron chi connectivity index (χ2n) is 5.92. The quantitative estimate of drug-likeness (QED) is 0.602. The third kappa shape index (κ3) is 4.54. The van der Waals surface area contributed by atoms with Crippen LogP contribution in [0.15, 0.2) is 47.8 Å². The first-order chi connectivity index (χ1) is 13.1. The van der Waals surface area contributed by atoms with Crippen molar-refractivity contribution in [3.63, 3.8) is 0 Å². The van der Waals surface area contributed by atoms with Gasteiger partial charge in [0.1, 0.15) is 23.1 Å². The number of aromatic nitrogens is 2. The van der Waals surface area contributed by atoms with E-state index in [-0.39, 0.29) is 12.5 Å². The van der Waals surface area contributed by atoms with E-state index in [0.717, 1.165) is 27.2 Å². The average Bonchev–Trinajstić information content (AvgIpc) is 3.10. The van der Waals surface area contributed by atoms with Crippen LogP contribution in [0, 0.1) is 0 Å². The van der Waals surface area contributed by atoms with Gasteiger partial charge in [-0.2, -0.15) is 0 Å². The van der Waals surface area contributed by atoms with E-state index in [1.807, 2.05) is 35.0 Å². The molecule has 1 amide bonds. The van der Waals surface area contributed by atoms with Crippen molar-refractivity contribution in [1.82, 2.24) is 14.9 Å². The number of hydrogen-bond acceptors (Lipinski definition) is 5. The number of rotatable bonds is 8. The lowest BCUT2D eigenvalue weighted by atomic mass is 10.2. The van der Waals surface area contributed by atoms with Crippen LogP contribution in [-0.2, 0) is 17.9 Å². The smallest absolute Gasteiger partial charge is 0.240 e. The zero-order valence-corrected chi connectivity index (χ0v) is 16.5. The number of methoxy groups -OCH3 is 2. The normalized spacial score (nSPS) is 10.8. The van der Waals surface area contributed by atoms with E-state index >= 15 is 0 Å². The minimum atomic E-state index is -0.0595. The molecule has 0 aliphatic heterocycles. The number of carbonyl (C=O) groups excluding carboxylic acids is 1. The Bertz CT molecular complexity index is 917. The van der Waals surface area contributed by atoms with Gasteiger partial charge in [0.15, 0.2) is 0 Å². The lowest BCUT2D eigenvalue weighted by molar-refractivity contribution is -0.121. The van der Waals surface area contributed by atoms with Gasteiger partial charge < -0.3 is 19.4 Å². The number of benzene rings is 1. The summed E-state index contributed by atoms with van der Waals surface area (Å²) in [6.07, 6.45) is 3.72. The molecule has 0 aliphatic rings. The van der Waals surface area contributed by atoms with Gasteiger partial charge >= 0.3 is 0 Å². The molecule has 0 saturated carbocycles. The van der Waals surface area contributed by atoms with Crippen molar-refractivity contribution in [2.75, 3.05) is 20.0 Å². The standard InChI is InChI=1S/C20H23N3O3S/c1-4-27-20-17-6-8-23(18(17)5-7-21-20)13-19(24)22-12-14-9-15(25-2)11-16(10-14)26-3/h5-11H,4,12-13H2,1-3H3,(H,22,24). The first-order valence-corrected chi connectivity index (χ1v) is 9.68. The van der Waals surface area contributed by atoms with Crippen LogP contribution < -0.4 is 14.8 Å². The van der Waals surface area contributed by atoms with Crippen molar-refractivity contribution in [3.05, 3.63) is 48.3 Å². The fourth-order valence-electron chi connectivity index (χ4n) is 2.87. The summed E-state index contributed by atoms with van der Waals surface area (Å²) in [7, 11) is 3.21. The molecule has 1 N–H and O–H groups in total. The van der Waals surface area contributed by atoms with Gasteiger partial charge in [0.25, 0.3) is 0 Å². The summed E-state index contributed by atoms with van der Waals surface area (Å²) >= 11 is 1.70. The summed E-state index contributed by atoms with van der Waals surface area (Å²) in [5.74, 6) is 2.30. The van der Waals surface area contributed by atoms with Crippen LogP contribution >= 0.6 is 11.8 Å². The van der Waals surface area contributed by atoms with Gasteiger partial charge in [-0.15, -0.1) is 11.8 Å². The van der Waals surface area contributed by atoms with Crippen molar-refractivity contribution >= 4 is 28.6 Å². The van der Waals surface area contributed by atoms with Crippen LogP contribution in [0.25, 0.3) is 10.9 Å². The Balaban J connectivity index is 1.68. The monoisotopic (exact) mass is 385 g/mol. The van der Waals surface area contributed by atoms with Crippen molar-refractivity contribution in [3.8, 4) is 11.5 Å². The van der Waals surface area contributed by atoms with Crippen LogP contribution in [0.1, 0.15) is 12.5 Å². The predicted molar refractivity (Wildman–Crippen MR) is 108 cm³/mol. The maximum atomic E-state index is 12.4. The highest BCUT2D eigenvalue weighted by atomic mass is 32.2. The van der Waals surface area contributed by atoms with E-state index in [2.05, 4.69) is 17.2 Å². The number of hydrogen-bond donors (Lipinski definition) is 1. The highest BCUT2D eigenvalue weighted by Crippen LogP contribution is 2.26. The van der Waals surface area contributed by atoms with Crippen molar-refractivity contribution in [2.45, 2.75) is 25.0 Å². The fraction of sp³-hybridized carbons (Fsp3) is 0.300. The molecule has 6 nitrogen and oxygen atoms in total. The largest absolute Gasteiger partial charge is 0.497 e. The topological polar surface area (TPSA) is 65.4 Å². The van der Waals surface area contributed by atoms with Crippen LogP contribution in [0.5, 0.6) is 11.5 Å². The Morgan fingerprint density at radius 2 is 1.93 bits per heavy atom. The molecule has 0 radical (unpaired) electrons. The Labute approximate surface area is 162 Å². The molecule has 0 bridgehead atoms. The summed E-state index contributed by atoms with van der Waals surface area (Å²) in [5, 5.41) is 5.03. The Morgan fingerprint density at radius 1 is 1.19 bits per heavy atom. The Hall–Kier alpha value is -2.67. The number of ether oxygens (including phenoxy) is 2. The van der Waals surface area contributed by atoms with E-state index < -0.39 is 0 Å². The molecule has 7 heteroatoms. The minimum Gasteiger partial charge on any atom is -0.497 e. The van der Waals surface area contributed by atoms with E-state index in [1.165, 1.54) is 0 Å². The molecular weight excluding hydrogens is 362 g/mol.